The van der Waals surface area contributed by atoms with E-state index in [2.05, 4.69) is 24.1 Å². The summed E-state index contributed by atoms with van der Waals surface area (Å²) >= 11 is 4.57. The van der Waals surface area contributed by atoms with E-state index in [-0.39, 0.29) is 6.73 Å². The molecule has 0 aliphatic carbocycles. The van der Waals surface area contributed by atoms with Gasteiger partial charge >= 0.3 is 0 Å². The molecule has 0 unspecified atom stereocenters. The Morgan fingerprint density at radius 2 is 2.57 bits per heavy atom. The molecule has 3 heteroatoms. The summed E-state index contributed by atoms with van der Waals surface area (Å²) in [7, 11) is 0. The molecular weight excluding hydrogens is 110 g/mol. The fourth-order valence-electron chi connectivity index (χ4n) is 0.150. The van der Waals surface area contributed by atoms with Crippen LogP contribution in [0.5, 0.6) is 0 Å². The first kappa shape index (κ1) is 6.59. The van der Waals surface area contributed by atoms with E-state index in [9.17, 15) is 0 Å². The van der Waals surface area contributed by atoms with Crippen LogP contribution in [0.25, 0.3) is 0 Å². The molecule has 0 saturated heterocycles. The lowest BCUT2D eigenvalue weighted by Gasteiger charge is -1.93. The van der Waals surface area contributed by atoms with Gasteiger partial charge in [0, 0.05) is 0 Å². The van der Waals surface area contributed by atoms with Crippen molar-refractivity contribution in [2.24, 2.45) is 0 Å². The SMILES string of the molecule is C=CC(=S)NCO. The molecule has 0 fully saturated rings. The van der Waals surface area contributed by atoms with Gasteiger partial charge in [-0.05, 0) is 6.08 Å². The summed E-state index contributed by atoms with van der Waals surface area (Å²) in [6, 6.07) is 0. The lowest BCUT2D eigenvalue weighted by molar-refractivity contribution is 0.287. The van der Waals surface area contributed by atoms with Crippen molar-refractivity contribution in [1.29, 1.82) is 0 Å². The van der Waals surface area contributed by atoms with Crippen molar-refractivity contribution in [3.8, 4) is 0 Å². The number of hydrogen-bond acceptors (Lipinski definition) is 2. The number of aliphatic hydroxyl groups excluding tert-OH is 1. The van der Waals surface area contributed by atoms with Gasteiger partial charge in [0.25, 0.3) is 0 Å². The number of thiocarbonyl (C=S) groups is 1. The van der Waals surface area contributed by atoms with E-state index in [0.717, 1.165) is 0 Å². The van der Waals surface area contributed by atoms with Crippen LogP contribution in [0.2, 0.25) is 0 Å². The van der Waals surface area contributed by atoms with Crippen LogP contribution in [0.3, 0.4) is 0 Å². The highest BCUT2D eigenvalue weighted by atomic mass is 32.1. The van der Waals surface area contributed by atoms with Crippen LogP contribution in [-0.2, 0) is 0 Å². The van der Waals surface area contributed by atoms with Crippen molar-refractivity contribution in [2.45, 2.75) is 0 Å². The van der Waals surface area contributed by atoms with E-state index in [1.807, 2.05) is 0 Å². The molecule has 40 valence electrons. The van der Waals surface area contributed by atoms with Crippen molar-refractivity contribution < 1.29 is 5.11 Å². The Hall–Kier alpha value is -0.410. The molecule has 0 aromatic rings. The molecule has 0 saturated carbocycles. The Balaban J connectivity index is 3.17. The second-order valence-corrected chi connectivity index (χ2v) is 1.34. The van der Waals surface area contributed by atoms with Gasteiger partial charge in [-0.25, -0.2) is 0 Å². The van der Waals surface area contributed by atoms with E-state index in [1.54, 1.807) is 0 Å². The molecule has 0 aliphatic heterocycles. The third-order valence-electron chi connectivity index (χ3n) is 0.439. The molecule has 0 aromatic carbocycles. The predicted molar refractivity (Wildman–Crippen MR) is 33.0 cm³/mol. The maximum Gasteiger partial charge on any atom is 0.113 e. The van der Waals surface area contributed by atoms with Crippen LogP contribution in [-0.4, -0.2) is 16.8 Å². The van der Waals surface area contributed by atoms with Crippen molar-refractivity contribution >= 4 is 17.2 Å². The Bertz CT molecular complexity index is 81.8. The smallest absolute Gasteiger partial charge is 0.113 e. The standard InChI is InChI=1S/C4H7NOS/c1-2-4(7)5-3-6/h2,6H,1,3H2,(H,5,7). The van der Waals surface area contributed by atoms with Crippen LogP contribution < -0.4 is 5.32 Å². The Morgan fingerprint density at radius 1 is 2.00 bits per heavy atom. The Labute approximate surface area is 47.8 Å². The molecule has 0 heterocycles. The summed E-state index contributed by atoms with van der Waals surface area (Å²) in [5.41, 5.74) is 0. The fraction of sp³-hybridized carbons (Fsp3) is 0.250. The zero-order valence-corrected chi connectivity index (χ0v) is 4.66. The first-order chi connectivity index (χ1) is 3.31. The Morgan fingerprint density at radius 3 is 2.71 bits per heavy atom. The molecule has 0 amide bonds. The van der Waals surface area contributed by atoms with Gasteiger partial charge in [0.2, 0.25) is 0 Å². The van der Waals surface area contributed by atoms with Gasteiger partial charge in [0.05, 0.1) is 4.99 Å². The quantitative estimate of drug-likeness (QED) is 0.304. The van der Waals surface area contributed by atoms with Crippen molar-refractivity contribution in [1.82, 2.24) is 5.32 Å². The normalized spacial score (nSPS) is 7.57. The molecule has 0 bridgehead atoms. The van der Waals surface area contributed by atoms with Gasteiger partial charge in [0.15, 0.2) is 0 Å². The largest absolute Gasteiger partial charge is 0.377 e. The van der Waals surface area contributed by atoms with Crippen LogP contribution in [0, 0.1) is 0 Å². The van der Waals surface area contributed by atoms with Crippen LogP contribution >= 0.6 is 12.2 Å². The molecular formula is C4H7NOS. The van der Waals surface area contributed by atoms with E-state index in [4.69, 9.17) is 5.11 Å². The van der Waals surface area contributed by atoms with Gasteiger partial charge in [-0.2, -0.15) is 0 Å². The zero-order valence-electron chi connectivity index (χ0n) is 3.85. The third-order valence-corrected chi connectivity index (χ3v) is 0.750. The monoisotopic (exact) mass is 117 g/mol. The third kappa shape index (κ3) is 3.42. The summed E-state index contributed by atoms with van der Waals surface area (Å²) in [4.78, 5) is 0.475. The molecule has 0 spiro atoms. The topological polar surface area (TPSA) is 32.3 Å². The van der Waals surface area contributed by atoms with Gasteiger partial charge < -0.3 is 10.4 Å². The molecule has 0 radical (unpaired) electrons. The van der Waals surface area contributed by atoms with Gasteiger partial charge in [-0.1, -0.05) is 18.8 Å². The molecule has 7 heavy (non-hydrogen) atoms. The van der Waals surface area contributed by atoms with Crippen LogP contribution in [0.1, 0.15) is 0 Å². The van der Waals surface area contributed by atoms with E-state index < -0.39 is 0 Å². The van der Waals surface area contributed by atoms with E-state index in [1.165, 1.54) is 6.08 Å². The Kier molecular flexibility index (Phi) is 3.55. The number of hydrogen-bond donors (Lipinski definition) is 2. The molecule has 0 aliphatic rings. The highest BCUT2D eigenvalue weighted by Gasteiger charge is 1.78. The van der Waals surface area contributed by atoms with Crippen LogP contribution in [0.15, 0.2) is 12.7 Å². The molecule has 0 aromatic heterocycles. The number of aliphatic hydroxyl groups is 1. The first-order valence-electron chi connectivity index (χ1n) is 1.82. The van der Waals surface area contributed by atoms with Gasteiger partial charge in [0.1, 0.15) is 6.73 Å². The minimum atomic E-state index is -0.120. The number of nitrogens with one attached hydrogen (secondary N) is 1. The first-order valence-corrected chi connectivity index (χ1v) is 2.23. The maximum absolute atomic E-state index is 8.12. The second kappa shape index (κ2) is 3.77. The minimum absolute atomic E-state index is 0.120. The lowest BCUT2D eigenvalue weighted by atomic mass is 10.6. The van der Waals surface area contributed by atoms with Crippen molar-refractivity contribution in [3.05, 3.63) is 12.7 Å². The molecule has 2 nitrogen and oxygen atoms in total. The fourth-order valence-corrected chi connectivity index (χ4v) is 0.215. The summed E-state index contributed by atoms with van der Waals surface area (Å²) in [6.07, 6.45) is 1.46. The number of rotatable bonds is 2. The van der Waals surface area contributed by atoms with E-state index >= 15 is 0 Å². The molecule has 0 rings (SSSR count). The van der Waals surface area contributed by atoms with E-state index in [0.29, 0.717) is 4.99 Å². The minimum Gasteiger partial charge on any atom is -0.377 e. The van der Waals surface area contributed by atoms with Crippen molar-refractivity contribution in [3.63, 3.8) is 0 Å². The predicted octanol–water partition coefficient (Wildman–Crippen LogP) is 0.0392. The average Bonchev–Trinajstić information content (AvgIpc) is 1.68. The van der Waals surface area contributed by atoms with Crippen molar-refractivity contribution in [2.75, 3.05) is 6.73 Å². The summed E-state index contributed by atoms with van der Waals surface area (Å²) in [5.74, 6) is 0. The summed E-state index contributed by atoms with van der Waals surface area (Å²) in [6.45, 7) is 3.24. The van der Waals surface area contributed by atoms with Gasteiger partial charge in [-0.15, -0.1) is 0 Å². The van der Waals surface area contributed by atoms with Crippen LogP contribution in [0.4, 0.5) is 0 Å². The highest BCUT2D eigenvalue weighted by Crippen LogP contribution is 1.67. The zero-order chi connectivity index (χ0) is 5.70. The molecule has 0 atom stereocenters. The lowest BCUT2D eigenvalue weighted by Crippen LogP contribution is -2.19. The summed E-state index contributed by atoms with van der Waals surface area (Å²) in [5, 5.41) is 10.6. The average molecular weight is 117 g/mol. The second-order valence-electron chi connectivity index (χ2n) is 0.903. The highest BCUT2D eigenvalue weighted by molar-refractivity contribution is 7.80. The maximum atomic E-state index is 8.12. The molecule has 2 N–H and O–H groups in total. The summed E-state index contributed by atoms with van der Waals surface area (Å²) < 4.78 is 0. The van der Waals surface area contributed by atoms with Gasteiger partial charge in [-0.3, -0.25) is 0 Å².